The Morgan fingerprint density at radius 1 is 1.50 bits per heavy atom. The van der Waals surface area contributed by atoms with Crippen molar-refractivity contribution in [3.8, 4) is 0 Å². The van der Waals surface area contributed by atoms with E-state index in [1.807, 2.05) is 16.4 Å². The highest BCUT2D eigenvalue weighted by atomic mass is 79.9. The summed E-state index contributed by atoms with van der Waals surface area (Å²) in [7, 11) is 1.67. The largest absolute Gasteiger partial charge is 0.386 e. The van der Waals surface area contributed by atoms with Crippen LogP contribution in [0.4, 0.5) is 0 Å². The molecule has 4 nitrogen and oxygen atoms in total. The summed E-state index contributed by atoms with van der Waals surface area (Å²) in [4.78, 5) is 0. The van der Waals surface area contributed by atoms with Crippen molar-refractivity contribution < 1.29 is 9.84 Å². The zero-order valence-corrected chi connectivity index (χ0v) is 14.3. The molecular formula is C14H23BrN2O2S. The third-order valence-corrected chi connectivity index (χ3v) is 5.76. The molecule has 0 bridgehead atoms. The Bertz CT molecular complexity index is 408. The molecule has 2 rings (SSSR count). The van der Waals surface area contributed by atoms with Crippen molar-refractivity contribution in [2.75, 3.05) is 19.5 Å². The minimum absolute atomic E-state index is 0.476. The summed E-state index contributed by atoms with van der Waals surface area (Å²) in [5.74, 6) is 0.738. The maximum absolute atomic E-state index is 10.4. The summed E-state index contributed by atoms with van der Waals surface area (Å²) < 4.78 is 7.79. The van der Waals surface area contributed by atoms with E-state index in [0.717, 1.165) is 15.9 Å². The van der Waals surface area contributed by atoms with Crippen LogP contribution >= 0.6 is 27.7 Å². The second-order valence-corrected chi connectivity index (χ2v) is 7.39. The van der Waals surface area contributed by atoms with E-state index < -0.39 is 6.10 Å². The molecule has 0 spiro atoms. The molecule has 1 aromatic heterocycles. The standard InChI is InChI=1S/C14H23BrN2O2S/c1-19-8-7-17-14(12(15)9-16-17)13(18)10-20-11-5-3-2-4-6-11/h9,11,13,18H,2-8,10H2,1H3. The quantitative estimate of drug-likeness (QED) is 0.807. The summed E-state index contributed by atoms with van der Waals surface area (Å²) in [6.45, 7) is 1.27. The molecule has 20 heavy (non-hydrogen) atoms. The SMILES string of the molecule is COCCn1ncc(Br)c1C(O)CSC1CCCCC1. The van der Waals surface area contributed by atoms with Gasteiger partial charge in [0.15, 0.2) is 0 Å². The lowest BCUT2D eigenvalue weighted by atomic mass is 10.0. The number of ether oxygens (including phenoxy) is 1. The monoisotopic (exact) mass is 362 g/mol. The van der Waals surface area contributed by atoms with Crippen molar-refractivity contribution >= 4 is 27.7 Å². The van der Waals surface area contributed by atoms with Crippen LogP contribution in [0.2, 0.25) is 0 Å². The Morgan fingerprint density at radius 3 is 2.95 bits per heavy atom. The zero-order chi connectivity index (χ0) is 14.4. The molecule has 0 aliphatic heterocycles. The van der Waals surface area contributed by atoms with Crippen molar-refractivity contribution in [1.82, 2.24) is 9.78 Å². The molecule has 1 aliphatic carbocycles. The Morgan fingerprint density at radius 2 is 2.25 bits per heavy atom. The maximum atomic E-state index is 10.4. The number of hydrogen-bond acceptors (Lipinski definition) is 4. The molecule has 1 aromatic rings. The first-order valence-corrected chi connectivity index (χ1v) is 9.06. The topological polar surface area (TPSA) is 47.3 Å². The Balaban J connectivity index is 1.90. The van der Waals surface area contributed by atoms with Crippen LogP contribution in [0.25, 0.3) is 0 Å². The Hall–Kier alpha value is -0.0400. The van der Waals surface area contributed by atoms with Crippen LogP contribution in [0.1, 0.15) is 43.9 Å². The Kier molecular flexibility index (Phi) is 6.87. The highest BCUT2D eigenvalue weighted by Crippen LogP contribution is 2.32. The van der Waals surface area contributed by atoms with E-state index in [4.69, 9.17) is 4.74 Å². The van der Waals surface area contributed by atoms with Gasteiger partial charge in [0, 0.05) is 18.1 Å². The fraction of sp³-hybridized carbons (Fsp3) is 0.786. The van der Waals surface area contributed by atoms with E-state index in [2.05, 4.69) is 21.0 Å². The minimum atomic E-state index is -0.476. The van der Waals surface area contributed by atoms with Crippen LogP contribution in [-0.2, 0) is 11.3 Å². The van der Waals surface area contributed by atoms with E-state index in [0.29, 0.717) is 18.4 Å². The maximum Gasteiger partial charge on any atom is 0.106 e. The molecule has 1 aliphatic rings. The molecule has 0 saturated heterocycles. The van der Waals surface area contributed by atoms with Gasteiger partial charge in [-0.3, -0.25) is 4.68 Å². The van der Waals surface area contributed by atoms with E-state index in [1.54, 1.807) is 13.3 Å². The first-order chi connectivity index (χ1) is 9.72. The summed E-state index contributed by atoms with van der Waals surface area (Å²) in [6.07, 6.45) is 7.90. The molecule has 1 unspecified atom stereocenters. The van der Waals surface area contributed by atoms with Crippen LogP contribution < -0.4 is 0 Å². The average molecular weight is 363 g/mol. The van der Waals surface area contributed by atoms with Gasteiger partial charge in [-0.2, -0.15) is 16.9 Å². The number of rotatable bonds is 7. The van der Waals surface area contributed by atoms with Gasteiger partial charge in [0.1, 0.15) is 6.10 Å². The molecule has 1 saturated carbocycles. The smallest absolute Gasteiger partial charge is 0.106 e. The third kappa shape index (κ3) is 4.48. The highest BCUT2D eigenvalue weighted by Gasteiger charge is 2.21. The fourth-order valence-corrected chi connectivity index (χ4v) is 4.44. The van der Waals surface area contributed by atoms with Gasteiger partial charge in [0.2, 0.25) is 0 Å². The second kappa shape index (κ2) is 8.41. The summed E-state index contributed by atoms with van der Waals surface area (Å²) >= 11 is 5.38. The number of aromatic nitrogens is 2. The van der Waals surface area contributed by atoms with Gasteiger partial charge in [-0.15, -0.1) is 0 Å². The van der Waals surface area contributed by atoms with Gasteiger partial charge < -0.3 is 9.84 Å². The molecule has 0 radical (unpaired) electrons. The number of thioether (sulfide) groups is 1. The summed E-state index contributed by atoms with van der Waals surface area (Å²) in [5, 5.41) is 15.5. The van der Waals surface area contributed by atoms with Crippen LogP contribution in [0.3, 0.4) is 0 Å². The average Bonchev–Trinajstić information content (AvgIpc) is 2.84. The number of aliphatic hydroxyl groups is 1. The second-order valence-electron chi connectivity index (χ2n) is 5.20. The van der Waals surface area contributed by atoms with Gasteiger partial charge in [0.25, 0.3) is 0 Å². The predicted molar refractivity (Wildman–Crippen MR) is 86.1 cm³/mol. The number of hydrogen-bond donors (Lipinski definition) is 1. The first kappa shape index (κ1) is 16.3. The van der Waals surface area contributed by atoms with Crippen LogP contribution in [-0.4, -0.2) is 39.6 Å². The fourth-order valence-electron chi connectivity index (χ4n) is 2.60. The van der Waals surface area contributed by atoms with Gasteiger partial charge in [-0.25, -0.2) is 0 Å². The van der Waals surface area contributed by atoms with Crippen LogP contribution in [0, 0.1) is 0 Å². The molecule has 0 amide bonds. The number of methoxy groups -OCH3 is 1. The van der Waals surface area contributed by atoms with Crippen molar-refractivity contribution in [1.29, 1.82) is 0 Å². The van der Waals surface area contributed by atoms with Crippen molar-refractivity contribution in [3.63, 3.8) is 0 Å². The zero-order valence-electron chi connectivity index (χ0n) is 11.9. The van der Waals surface area contributed by atoms with Crippen LogP contribution in [0.5, 0.6) is 0 Å². The molecule has 1 fully saturated rings. The molecule has 1 atom stereocenters. The van der Waals surface area contributed by atoms with Gasteiger partial charge in [0.05, 0.1) is 29.5 Å². The molecular weight excluding hydrogens is 340 g/mol. The van der Waals surface area contributed by atoms with E-state index >= 15 is 0 Å². The molecule has 1 N–H and O–H groups in total. The highest BCUT2D eigenvalue weighted by molar-refractivity contribution is 9.10. The van der Waals surface area contributed by atoms with Crippen LogP contribution in [0.15, 0.2) is 10.7 Å². The summed E-state index contributed by atoms with van der Waals surface area (Å²) in [5.41, 5.74) is 0.866. The number of nitrogens with zero attached hydrogens (tertiary/aromatic N) is 2. The normalized spacial score (nSPS) is 18.4. The van der Waals surface area contributed by atoms with E-state index in [1.165, 1.54) is 32.1 Å². The van der Waals surface area contributed by atoms with E-state index in [9.17, 15) is 5.11 Å². The van der Waals surface area contributed by atoms with E-state index in [-0.39, 0.29) is 0 Å². The molecule has 114 valence electrons. The lowest BCUT2D eigenvalue weighted by molar-refractivity contribution is 0.166. The lowest BCUT2D eigenvalue weighted by Gasteiger charge is -2.22. The molecule has 0 aromatic carbocycles. The van der Waals surface area contributed by atoms with Crippen molar-refractivity contribution in [2.24, 2.45) is 0 Å². The lowest BCUT2D eigenvalue weighted by Crippen LogP contribution is -2.16. The third-order valence-electron chi connectivity index (χ3n) is 3.70. The summed E-state index contributed by atoms with van der Waals surface area (Å²) in [6, 6.07) is 0. The van der Waals surface area contributed by atoms with Gasteiger partial charge in [-0.05, 0) is 28.8 Å². The van der Waals surface area contributed by atoms with Gasteiger partial charge in [-0.1, -0.05) is 19.3 Å². The Labute approximate surface area is 133 Å². The minimum Gasteiger partial charge on any atom is -0.386 e. The number of halogens is 1. The number of aliphatic hydroxyl groups excluding tert-OH is 1. The van der Waals surface area contributed by atoms with Crippen molar-refractivity contribution in [3.05, 3.63) is 16.4 Å². The predicted octanol–water partition coefficient (Wildman–Crippen LogP) is 3.39. The van der Waals surface area contributed by atoms with Crippen molar-refractivity contribution in [2.45, 2.75) is 50.0 Å². The first-order valence-electron chi connectivity index (χ1n) is 7.22. The molecule has 6 heteroatoms. The molecule has 1 heterocycles. The van der Waals surface area contributed by atoms with Gasteiger partial charge >= 0.3 is 0 Å².